The van der Waals surface area contributed by atoms with Crippen molar-refractivity contribution < 1.29 is 18.7 Å². The predicted octanol–water partition coefficient (Wildman–Crippen LogP) is 3.28. The van der Waals surface area contributed by atoms with E-state index in [1.54, 1.807) is 35.4 Å². The Labute approximate surface area is 227 Å². The zero-order valence-corrected chi connectivity index (χ0v) is 22.1. The maximum absolute atomic E-state index is 13.5. The first kappa shape index (κ1) is 24.0. The summed E-state index contributed by atoms with van der Waals surface area (Å²) in [6.45, 7) is 3.61. The van der Waals surface area contributed by atoms with Crippen molar-refractivity contribution in [2.24, 2.45) is 18.9 Å². The first-order valence-electron chi connectivity index (χ1n) is 12.8. The quantitative estimate of drug-likeness (QED) is 0.374. The lowest BCUT2D eigenvalue weighted by Crippen LogP contribution is -2.60. The number of likely N-dealkylation sites (tertiary alicyclic amines) is 1. The Bertz CT molecular complexity index is 1590. The van der Waals surface area contributed by atoms with E-state index < -0.39 is 5.41 Å². The molecular formula is C28H25FN6O3S. The van der Waals surface area contributed by atoms with Crippen LogP contribution in [0.4, 0.5) is 4.39 Å². The highest BCUT2D eigenvalue weighted by atomic mass is 32.1. The van der Waals surface area contributed by atoms with Crippen molar-refractivity contribution in [2.45, 2.75) is 18.4 Å². The fourth-order valence-electron chi connectivity index (χ4n) is 5.56. The second kappa shape index (κ2) is 8.70. The summed E-state index contributed by atoms with van der Waals surface area (Å²) >= 11 is 1.49. The summed E-state index contributed by atoms with van der Waals surface area (Å²) in [6, 6.07) is 11.6. The summed E-state index contributed by atoms with van der Waals surface area (Å²) in [4.78, 5) is 36.5. The molecule has 1 aliphatic carbocycles. The molecule has 0 bridgehead atoms. The van der Waals surface area contributed by atoms with Crippen LogP contribution in [0.2, 0.25) is 0 Å². The number of benzene rings is 1. The summed E-state index contributed by atoms with van der Waals surface area (Å²) in [5.74, 6) is 0.428. The van der Waals surface area contributed by atoms with E-state index in [9.17, 15) is 14.0 Å². The van der Waals surface area contributed by atoms with Gasteiger partial charge in [-0.1, -0.05) is 0 Å². The van der Waals surface area contributed by atoms with Crippen LogP contribution in [0, 0.1) is 17.7 Å². The number of fused-ring (bicyclic) bond motifs is 1. The molecule has 39 heavy (non-hydrogen) atoms. The van der Waals surface area contributed by atoms with E-state index in [4.69, 9.17) is 9.72 Å². The zero-order chi connectivity index (χ0) is 26.9. The molecule has 11 heteroatoms. The number of hydrogen-bond acceptors (Lipinski definition) is 7. The van der Waals surface area contributed by atoms with Gasteiger partial charge < -0.3 is 15.0 Å². The van der Waals surface area contributed by atoms with Gasteiger partial charge in [0, 0.05) is 55.5 Å². The number of piperidine rings is 1. The predicted molar refractivity (Wildman–Crippen MR) is 142 cm³/mol. The van der Waals surface area contributed by atoms with E-state index in [-0.39, 0.29) is 35.6 Å². The molecule has 9 nitrogen and oxygen atoms in total. The van der Waals surface area contributed by atoms with Crippen LogP contribution in [0.25, 0.3) is 22.6 Å². The van der Waals surface area contributed by atoms with E-state index in [0.717, 1.165) is 16.8 Å². The van der Waals surface area contributed by atoms with E-state index in [2.05, 4.69) is 15.4 Å². The minimum absolute atomic E-state index is 0.0461. The highest BCUT2D eigenvalue weighted by Crippen LogP contribution is 2.48. The average Bonchev–Trinajstić information content (AvgIpc) is 3.45. The summed E-state index contributed by atoms with van der Waals surface area (Å²) in [6.07, 6.45) is -0.0574. The molecule has 7 rings (SSSR count). The molecule has 0 spiro atoms. The molecule has 3 aliphatic rings. The molecule has 2 amide bonds. The van der Waals surface area contributed by atoms with Gasteiger partial charge in [0.05, 0.1) is 16.6 Å². The van der Waals surface area contributed by atoms with Crippen LogP contribution >= 0.6 is 11.3 Å². The van der Waals surface area contributed by atoms with Gasteiger partial charge in [0.2, 0.25) is 11.8 Å². The Morgan fingerprint density at radius 1 is 1.13 bits per heavy atom. The number of thiazole rings is 1. The highest BCUT2D eigenvalue weighted by Gasteiger charge is 2.59. The fourth-order valence-corrected chi connectivity index (χ4v) is 6.10. The largest absolute Gasteiger partial charge is 0.474 e. The average molecular weight is 545 g/mol. The van der Waals surface area contributed by atoms with Gasteiger partial charge in [-0.3, -0.25) is 14.3 Å². The van der Waals surface area contributed by atoms with Gasteiger partial charge in [0.15, 0.2) is 0 Å². The van der Waals surface area contributed by atoms with Gasteiger partial charge in [0.1, 0.15) is 29.0 Å². The van der Waals surface area contributed by atoms with Crippen LogP contribution in [0.1, 0.15) is 23.0 Å². The number of nitrogens with one attached hydrogen (secondary N) is 1. The molecule has 2 saturated heterocycles. The summed E-state index contributed by atoms with van der Waals surface area (Å²) in [5.41, 5.74) is 5.23. The maximum atomic E-state index is 13.5. The molecule has 2 aliphatic heterocycles. The van der Waals surface area contributed by atoms with E-state index >= 15 is 0 Å². The monoisotopic (exact) mass is 544 g/mol. The van der Waals surface area contributed by atoms with Gasteiger partial charge in [0.25, 0.3) is 5.91 Å². The normalized spacial score (nSPS) is 25.2. The Hall–Kier alpha value is -4.12. The third-order valence-electron chi connectivity index (χ3n) is 8.14. The van der Waals surface area contributed by atoms with Crippen molar-refractivity contribution in [3.63, 3.8) is 0 Å². The van der Waals surface area contributed by atoms with Crippen LogP contribution < -0.4 is 10.1 Å². The van der Waals surface area contributed by atoms with Crippen molar-refractivity contribution in [3.05, 3.63) is 70.4 Å². The van der Waals surface area contributed by atoms with E-state index in [0.29, 0.717) is 42.6 Å². The third kappa shape index (κ3) is 3.99. The Morgan fingerprint density at radius 2 is 1.90 bits per heavy atom. The van der Waals surface area contributed by atoms with Gasteiger partial charge in [-0.2, -0.15) is 5.10 Å². The number of hydrogen-bond donors (Lipinski definition) is 1. The number of halogens is 1. The molecule has 3 aromatic heterocycles. The van der Waals surface area contributed by atoms with Crippen LogP contribution in [0.3, 0.4) is 0 Å². The van der Waals surface area contributed by atoms with Gasteiger partial charge >= 0.3 is 0 Å². The van der Waals surface area contributed by atoms with Crippen molar-refractivity contribution in [3.8, 4) is 28.5 Å². The smallest absolute Gasteiger partial charge is 0.272 e. The number of ether oxygens (including phenoxy) is 1. The summed E-state index contributed by atoms with van der Waals surface area (Å²) < 4.78 is 21.5. The molecule has 4 aromatic rings. The second-order valence-electron chi connectivity index (χ2n) is 10.6. The van der Waals surface area contributed by atoms with Crippen molar-refractivity contribution in [1.29, 1.82) is 0 Å². The summed E-state index contributed by atoms with van der Waals surface area (Å²) in [7, 11) is 1.77. The third-order valence-corrected chi connectivity index (χ3v) is 8.72. The number of aromatic nitrogens is 4. The van der Waals surface area contributed by atoms with Gasteiger partial charge in [-0.05, 0) is 48.9 Å². The van der Waals surface area contributed by atoms with Crippen LogP contribution in [-0.4, -0.2) is 62.2 Å². The molecule has 1 aromatic carbocycles. The van der Waals surface area contributed by atoms with Gasteiger partial charge in [-0.25, -0.2) is 14.4 Å². The number of carbonyl (C=O) groups is 2. The molecule has 2 unspecified atom stereocenters. The Kier molecular flexibility index (Phi) is 5.35. The number of amides is 2. The number of pyridine rings is 1. The van der Waals surface area contributed by atoms with Crippen molar-refractivity contribution in [2.75, 3.05) is 19.6 Å². The number of rotatable bonds is 6. The minimum Gasteiger partial charge on any atom is -0.474 e. The lowest BCUT2D eigenvalue weighted by Gasteiger charge is -2.38. The lowest BCUT2D eigenvalue weighted by atomic mass is 9.76. The standard InChI is InChI=1S/C28H25FN6O3S/c1-28(13-30-27(28)37)16-7-20(15-3-5-17(29)6-4-15)32-24(8-16)38-25-18-10-35(11-19(18)25)26(36)23-9-21(33-34(23)2)22-12-39-14-31-22/h3-9,12,14,18-19,25H,10-11,13H2,1-2H3,(H,30,37)/t18-,19+,25?,28?. The molecule has 5 heterocycles. The first-order chi connectivity index (χ1) is 18.8. The molecule has 3 fully saturated rings. The molecule has 1 saturated carbocycles. The summed E-state index contributed by atoms with van der Waals surface area (Å²) in [5, 5.41) is 9.18. The Balaban J connectivity index is 1.08. The zero-order valence-electron chi connectivity index (χ0n) is 21.3. The van der Waals surface area contributed by atoms with Crippen LogP contribution in [-0.2, 0) is 17.3 Å². The molecule has 198 valence electrons. The van der Waals surface area contributed by atoms with E-state index in [1.165, 1.54) is 23.5 Å². The van der Waals surface area contributed by atoms with E-state index in [1.807, 2.05) is 29.3 Å². The second-order valence-corrected chi connectivity index (χ2v) is 11.4. The lowest BCUT2D eigenvalue weighted by molar-refractivity contribution is -0.132. The fraction of sp³-hybridized carbons (Fsp3) is 0.321. The van der Waals surface area contributed by atoms with Crippen LogP contribution in [0.5, 0.6) is 5.88 Å². The maximum Gasteiger partial charge on any atom is 0.272 e. The molecule has 1 N–H and O–H groups in total. The number of aryl methyl sites for hydroxylation is 1. The SMILES string of the molecule is Cn1nc(-c2cscn2)cc1C(=O)N1C[C@@H]2C(Oc3cc(C4(C)CNC4=O)cc(-c4ccc(F)cc4)n3)[C@@H]2C1. The highest BCUT2D eigenvalue weighted by molar-refractivity contribution is 7.07. The number of β-lactam (4-membered cyclic amide) rings is 1. The van der Waals surface area contributed by atoms with Gasteiger partial charge in [-0.15, -0.1) is 11.3 Å². The van der Waals surface area contributed by atoms with Crippen LogP contribution in [0.15, 0.2) is 53.4 Å². The topological polar surface area (TPSA) is 102 Å². The number of carbonyl (C=O) groups excluding carboxylic acids is 2. The molecule has 4 atom stereocenters. The molecular weight excluding hydrogens is 519 g/mol. The van der Waals surface area contributed by atoms with Crippen molar-refractivity contribution >= 4 is 23.2 Å². The molecule has 0 radical (unpaired) electrons. The number of nitrogens with zero attached hydrogens (tertiary/aromatic N) is 5. The Morgan fingerprint density at radius 3 is 2.54 bits per heavy atom. The first-order valence-corrected chi connectivity index (χ1v) is 13.7. The minimum atomic E-state index is -0.668. The van der Waals surface area contributed by atoms with Crippen molar-refractivity contribution in [1.82, 2.24) is 30.0 Å².